The molecular weight excluding hydrogens is 771 g/mol. The molecule has 0 aliphatic heterocycles. The summed E-state index contributed by atoms with van der Waals surface area (Å²) < 4.78 is 15.2. The zero-order valence-electron chi connectivity index (χ0n) is 33.9. The molecule has 0 N–H and O–H groups in total. The minimum atomic E-state index is 0.651. The van der Waals surface area contributed by atoms with Crippen LogP contribution >= 0.6 is 0 Å². The summed E-state index contributed by atoms with van der Waals surface area (Å²) in [5.41, 5.74) is 15.9. The normalized spacial score (nSPS) is 11.8. The topological polar surface area (TPSA) is 57.0 Å². The molecule has 4 aromatic heterocycles. The van der Waals surface area contributed by atoms with E-state index in [0.717, 1.165) is 94.3 Å². The van der Waals surface area contributed by atoms with Crippen LogP contribution in [0.25, 0.3) is 128 Å². The number of nitrogens with zero attached hydrogens (tertiary/aromatic N) is 3. The molecule has 0 spiro atoms. The van der Waals surface area contributed by atoms with Gasteiger partial charge in [-0.1, -0.05) is 133 Å². The van der Waals surface area contributed by atoms with Crippen LogP contribution in [0.1, 0.15) is 0 Å². The van der Waals surface area contributed by atoms with Gasteiger partial charge in [-0.2, -0.15) is 0 Å². The lowest BCUT2D eigenvalue weighted by atomic mass is 9.96. The van der Waals surface area contributed by atoms with Gasteiger partial charge in [0.2, 0.25) is 0 Å². The molecule has 0 atom stereocenters. The van der Waals surface area contributed by atoms with Crippen molar-refractivity contribution in [2.75, 3.05) is 0 Å². The largest absolute Gasteiger partial charge is 0.456 e. The van der Waals surface area contributed by atoms with E-state index in [1.54, 1.807) is 0 Å². The van der Waals surface area contributed by atoms with Gasteiger partial charge >= 0.3 is 0 Å². The maximum atomic E-state index is 6.56. The van der Waals surface area contributed by atoms with Gasteiger partial charge in [0.15, 0.2) is 5.82 Å². The number of aromatic nitrogens is 3. The predicted molar refractivity (Wildman–Crippen MR) is 258 cm³/mol. The molecule has 5 nitrogen and oxygen atoms in total. The summed E-state index contributed by atoms with van der Waals surface area (Å²) in [6.45, 7) is 0. The fourth-order valence-corrected chi connectivity index (χ4v) is 9.44. The predicted octanol–water partition coefficient (Wildman–Crippen LogP) is 15.7. The molecule has 0 amide bonds. The first-order chi connectivity index (χ1) is 31.2. The first-order valence-electron chi connectivity index (χ1n) is 21.2. The molecule has 0 radical (unpaired) electrons. The van der Waals surface area contributed by atoms with E-state index in [-0.39, 0.29) is 0 Å². The van der Waals surface area contributed by atoms with E-state index in [2.05, 4.69) is 168 Å². The van der Waals surface area contributed by atoms with Crippen LogP contribution in [0.5, 0.6) is 0 Å². The van der Waals surface area contributed by atoms with E-state index in [4.69, 9.17) is 18.8 Å². The Kier molecular flexibility index (Phi) is 7.84. The Bertz CT molecular complexity index is 3910. The highest BCUT2D eigenvalue weighted by Crippen LogP contribution is 2.41. The van der Waals surface area contributed by atoms with Gasteiger partial charge in [0.05, 0.1) is 22.4 Å². The Morgan fingerprint density at radius 3 is 1.76 bits per heavy atom. The zero-order chi connectivity index (χ0) is 41.4. The molecule has 0 aliphatic carbocycles. The summed E-state index contributed by atoms with van der Waals surface area (Å²) in [6.07, 6.45) is 0. The molecule has 0 fully saturated rings. The first kappa shape index (κ1) is 35.2. The average Bonchev–Trinajstić information content (AvgIpc) is 4.03. The number of fused-ring (bicyclic) bond motifs is 9. The summed E-state index contributed by atoms with van der Waals surface area (Å²) in [4.78, 5) is 10.4. The number of hydrogen-bond acceptors (Lipinski definition) is 4. The summed E-state index contributed by atoms with van der Waals surface area (Å²) in [5.74, 6) is 0.651. The second kappa shape index (κ2) is 14.0. The molecule has 294 valence electrons. The minimum absolute atomic E-state index is 0.651. The number of furan rings is 2. The quantitative estimate of drug-likeness (QED) is 0.168. The standard InChI is InChI=1S/C58H35N3O2/c1-3-13-36(14-4-1)58-59-49(41-25-28-45-44-20-8-10-23-53(44)63-56(45)34-41)35-50(60-58)46-21-12-24-55-57(46)48-33-40(27-30-54(48)62-55)38-16-11-15-37(31-38)39-26-29-52-47(32-39)43-19-7-9-22-51(43)61(52)42-17-5-2-6-18-42/h1-35H. The molecule has 13 aromatic rings. The lowest BCUT2D eigenvalue weighted by Crippen LogP contribution is -1.96. The zero-order valence-corrected chi connectivity index (χ0v) is 33.9. The van der Waals surface area contributed by atoms with Gasteiger partial charge in [-0.05, 0) is 101 Å². The van der Waals surface area contributed by atoms with Gasteiger partial charge in [0.25, 0.3) is 0 Å². The fourth-order valence-electron chi connectivity index (χ4n) is 9.44. The Labute approximate surface area is 361 Å². The Hall–Kier alpha value is -8.54. The lowest BCUT2D eigenvalue weighted by Gasteiger charge is -2.11. The van der Waals surface area contributed by atoms with E-state index in [1.807, 2.05) is 48.5 Å². The van der Waals surface area contributed by atoms with Crippen LogP contribution in [0.15, 0.2) is 221 Å². The number of hydrogen-bond donors (Lipinski definition) is 0. The highest BCUT2D eigenvalue weighted by Gasteiger charge is 2.19. The Morgan fingerprint density at radius 2 is 0.905 bits per heavy atom. The van der Waals surface area contributed by atoms with Gasteiger partial charge in [-0.15, -0.1) is 0 Å². The highest BCUT2D eigenvalue weighted by molar-refractivity contribution is 6.14. The molecule has 0 bridgehead atoms. The van der Waals surface area contributed by atoms with Crippen molar-refractivity contribution in [1.82, 2.24) is 14.5 Å². The third kappa shape index (κ3) is 5.78. The van der Waals surface area contributed by atoms with E-state index < -0.39 is 0 Å². The van der Waals surface area contributed by atoms with Crippen molar-refractivity contribution in [3.63, 3.8) is 0 Å². The number of para-hydroxylation sites is 3. The van der Waals surface area contributed by atoms with Gasteiger partial charge < -0.3 is 13.4 Å². The highest BCUT2D eigenvalue weighted by atomic mass is 16.3. The maximum absolute atomic E-state index is 6.56. The summed E-state index contributed by atoms with van der Waals surface area (Å²) in [5, 5.41) is 6.69. The molecule has 5 heteroatoms. The fraction of sp³-hybridized carbons (Fsp3) is 0. The van der Waals surface area contributed by atoms with E-state index in [9.17, 15) is 0 Å². The van der Waals surface area contributed by atoms with Crippen LogP contribution in [0.3, 0.4) is 0 Å². The average molecular weight is 806 g/mol. The van der Waals surface area contributed by atoms with Crippen molar-refractivity contribution in [3.8, 4) is 61.8 Å². The van der Waals surface area contributed by atoms with Crippen LogP contribution in [0.2, 0.25) is 0 Å². The van der Waals surface area contributed by atoms with Crippen LogP contribution in [-0.2, 0) is 0 Å². The molecule has 0 saturated heterocycles. The summed E-state index contributed by atoms with van der Waals surface area (Å²) in [7, 11) is 0. The van der Waals surface area contributed by atoms with Crippen molar-refractivity contribution in [3.05, 3.63) is 212 Å². The van der Waals surface area contributed by atoms with Crippen molar-refractivity contribution < 1.29 is 8.83 Å². The molecular formula is C58H35N3O2. The lowest BCUT2D eigenvalue weighted by molar-refractivity contribution is 0.668. The summed E-state index contributed by atoms with van der Waals surface area (Å²) in [6, 6.07) is 74.4. The van der Waals surface area contributed by atoms with Gasteiger partial charge in [0.1, 0.15) is 22.3 Å². The molecule has 4 heterocycles. The Balaban J connectivity index is 0.933. The van der Waals surface area contributed by atoms with Crippen LogP contribution in [0.4, 0.5) is 0 Å². The van der Waals surface area contributed by atoms with Crippen molar-refractivity contribution in [2.24, 2.45) is 0 Å². The van der Waals surface area contributed by atoms with Crippen LogP contribution in [0, 0.1) is 0 Å². The third-order valence-electron chi connectivity index (χ3n) is 12.4. The SMILES string of the molecule is c1ccc(-c2nc(-c3ccc4c(c3)oc3ccccc34)cc(-c3cccc4oc5ccc(-c6cccc(-c7ccc8c(c7)c7ccccc7n8-c7ccccc7)c6)cc5c34)n2)cc1. The van der Waals surface area contributed by atoms with Crippen molar-refractivity contribution in [2.45, 2.75) is 0 Å². The number of rotatable bonds is 6. The molecule has 63 heavy (non-hydrogen) atoms. The molecule has 13 rings (SSSR count). The van der Waals surface area contributed by atoms with Gasteiger partial charge in [-0.3, -0.25) is 0 Å². The molecule has 0 unspecified atom stereocenters. The van der Waals surface area contributed by atoms with Crippen molar-refractivity contribution >= 4 is 65.7 Å². The maximum Gasteiger partial charge on any atom is 0.160 e. The molecule has 9 aromatic carbocycles. The number of benzene rings is 9. The first-order valence-corrected chi connectivity index (χ1v) is 21.2. The third-order valence-corrected chi connectivity index (χ3v) is 12.4. The van der Waals surface area contributed by atoms with E-state index in [0.29, 0.717) is 5.82 Å². The van der Waals surface area contributed by atoms with E-state index >= 15 is 0 Å². The molecule has 0 saturated carbocycles. The van der Waals surface area contributed by atoms with Gasteiger partial charge in [-0.25, -0.2) is 9.97 Å². The second-order valence-corrected chi connectivity index (χ2v) is 16.1. The monoisotopic (exact) mass is 805 g/mol. The van der Waals surface area contributed by atoms with Gasteiger partial charge in [0, 0.05) is 54.7 Å². The minimum Gasteiger partial charge on any atom is -0.456 e. The molecule has 0 aliphatic rings. The second-order valence-electron chi connectivity index (χ2n) is 16.1. The Morgan fingerprint density at radius 1 is 0.317 bits per heavy atom. The van der Waals surface area contributed by atoms with Crippen LogP contribution in [-0.4, -0.2) is 14.5 Å². The van der Waals surface area contributed by atoms with Crippen LogP contribution < -0.4 is 0 Å². The van der Waals surface area contributed by atoms with E-state index in [1.165, 1.54) is 27.4 Å². The summed E-state index contributed by atoms with van der Waals surface area (Å²) >= 11 is 0. The van der Waals surface area contributed by atoms with Crippen molar-refractivity contribution in [1.29, 1.82) is 0 Å². The smallest absolute Gasteiger partial charge is 0.160 e.